The summed E-state index contributed by atoms with van der Waals surface area (Å²) in [4.78, 5) is 25.7. The van der Waals surface area contributed by atoms with E-state index in [-0.39, 0.29) is 18.0 Å². The number of anilines is 1. The summed E-state index contributed by atoms with van der Waals surface area (Å²) in [5.74, 6) is 0.603. The van der Waals surface area contributed by atoms with Crippen LogP contribution in [0, 0.1) is 0 Å². The number of hydrogen-bond acceptors (Lipinski definition) is 4. The topological polar surface area (TPSA) is 67.9 Å². The number of amides is 2. The molecule has 6 nitrogen and oxygen atoms in total. The van der Waals surface area contributed by atoms with Gasteiger partial charge in [0.2, 0.25) is 0 Å². The van der Waals surface area contributed by atoms with Crippen molar-refractivity contribution in [3.8, 4) is 5.75 Å². The number of carbonyl (C=O) groups excluding carboxylic acids is 2. The van der Waals surface area contributed by atoms with Crippen molar-refractivity contribution in [2.75, 3.05) is 24.7 Å². The van der Waals surface area contributed by atoms with Crippen molar-refractivity contribution < 1.29 is 19.1 Å². The molecule has 2 amide bonds. The molecule has 0 bridgehead atoms. The molecule has 0 unspecified atom stereocenters. The molecule has 2 aliphatic heterocycles. The summed E-state index contributed by atoms with van der Waals surface area (Å²) in [6.45, 7) is 1.28. The first-order valence-electron chi connectivity index (χ1n) is 7.79. The number of nitrogens with zero attached hydrogens (tertiary/aromatic N) is 1. The van der Waals surface area contributed by atoms with Gasteiger partial charge in [0, 0.05) is 16.8 Å². The lowest BCUT2D eigenvalue weighted by molar-refractivity contribution is 0.0930. The Morgan fingerprint density at radius 2 is 2.00 bits per heavy atom. The number of hydrogen-bond donors (Lipinski definition) is 1. The van der Waals surface area contributed by atoms with Gasteiger partial charge >= 0.3 is 6.09 Å². The molecule has 2 aromatic rings. The second kappa shape index (κ2) is 5.88. The van der Waals surface area contributed by atoms with Crippen LogP contribution in [0.5, 0.6) is 5.75 Å². The molecule has 0 radical (unpaired) electrons. The van der Waals surface area contributed by atoms with Crippen LogP contribution in [0.15, 0.2) is 48.5 Å². The van der Waals surface area contributed by atoms with Gasteiger partial charge in [0.1, 0.15) is 19.0 Å². The summed E-state index contributed by atoms with van der Waals surface area (Å²) >= 11 is 0. The molecule has 1 atom stereocenters. The normalized spacial score (nSPS) is 18.8. The zero-order chi connectivity index (χ0) is 16.5. The molecule has 2 aliphatic rings. The number of fused-ring (bicyclic) bond motifs is 1. The summed E-state index contributed by atoms with van der Waals surface area (Å²) in [5, 5.41) is 2.98. The van der Waals surface area contributed by atoms with E-state index in [9.17, 15) is 9.59 Å². The number of cyclic esters (lactones) is 1. The van der Waals surface area contributed by atoms with Crippen molar-refractivity contribution >= 4 is 17.7 Å². The number of carbonyl (C=O) groups is 2. The predicted octanol–water partition coefficient (Wildman–Crippen LogP) is 2.51. The van der Waals surface area contributed by atoms with Gasteiger partial charge in [-0.15, -0.1) is 0 Å². The van der Waals surface area contributed by atoms with E-state index in [0.29, 0.717) is 31.0 Å². The highest BCUT2D eigenvalue weighted by atomic mass is 16.6. The van der Waals surface area contributed by atoms with E-state index in [1.807, 2.05) is 24.3 Å². The molecule has 0 spiro atoms. The highest BCUT2D eigenvalue weighted by molar-refractivity contribution is 5.97. The van der Waals surface area contributed by atoms with Crippen LogP contribution < -0.4 is 15.0 Å². The first kappa shape index (κ1) is 14.6. The van der Waals surface area contributed by atoms with Gasteiger partial charge in [0.05, 0.1) is 12.6 Å². The van der Waals surface area contributed by atoms with E-state index >= 15 is 0 Å². The quantitative estimate of drug-likeness (QED) is 0.942. The van der Waals surface area contributed by atoms with Gasteiger partial charge in [-0.25, -0.2) is 4.79 Å². The van der Waals surface area contributed by atoms with Crippen LogP contribution in [0.4, 0.5) is 10.5 Å². The number of rotatable bonds is 3. The molecule has 2 heterocycles. The van der Waals surface area contributed by atoms with E-state index in [4.69, 9.17) is 9.47 Å². The van der Waals surface area contributed by atoms with E-state index in [0.717, 1.165) is 11.3 Å². The molecule has 1 fully saturated rings. The maximum absolute atomic E-state index is 12.6. The highest BCUT2D eigenvalue weighted by Gasteiger charge is 2.27. The molecule has 4 rings (SSSR count). The molecule has 2 aromatic carbocycles. The number of benzene rings is 2. The van der Waals surface area contributed by atoms with Crippen molar-refractivity contribution in [1.29, 1.82) is 0 Å². The average Bonchev–Trinajstić information content (AvgIpc) is 3.22. The molecule has 0 saturated carbocycles. The van der Waals surface area contributed by atoms with Gasteiger partial charge in [0.25, 0.3) is 5.91 Å². The van der Waals surface area contributed by atoms with Gasteiger partial charge in [-0.3, -0.25) is 9.69 Å². The lowest BCUT2D eigenvalue weighted by atomic mass is 10.1. The Hall–Kier alpha value is -3.02. The lowest BCUT2D eigenvalue weighted by Crippen LogP contribution is -2.30. The van der Waals surface area contributed by atoms with Crippen molar-refractivity contribution in [1.82, 2.24) is 5.32 Å². The van der Waals surface area contributed by atoms with E-state index in [1.54, 1.807) is 24.3 Å². The van der Waals surface area contributed by atoms with Crippen LogP contribution in [0.1, 0.15) is 22.0 Å². The number of ether oxygens (including phenoxy) is 2. The molecule has 24 heavy (non-hydrogen) atoms. The minimum absolute atomic E-state index is 0.172. The van der Waals surface area contributed by atoms with Crippen molar-refractivity contribution in [3.63, 3.8) is 0 Å². The first-order valence-corrected chi connectivity index (χ1v) is 7.79. The predicted molar refractivity (Wildman–Crippen MR) is 87.3 cm³/mol. The first-order chi connectivity index (χ1) is 11.7. The molecule has 0 aliphatic carbocycles. The largest absolute Gasteiger partial charge is 0.491 e. The van der Waals surface area contributed by atoms with Crippen LogP contribution in [0.3, 0.4) is 0 Å². The Morgan fingerprint density at radius 1 is 1.12 bits per heavy atom. The minimum atomic E-state index is -0.384. The SMILES string of the molecule is O=C(N[C@@H]1COc2ccccc21)c1cccc(N2CCOC2=O)c1. The van der Waals surface area contributed by atoms with Crippen LogP contribution in [0.25, 0.3) is 0 Å². The van der Waals surface area contributed by atoms with Gasteiger partial charge in [-0.05, 0) is 24.3 Å². The third-order valence-electron chi connectivity index (χ3n) is 4.19. The Balaban J connectivity index is 1.52. The third kappa shape index (κ3) is 2.56. The molecule has 122 valence electrons. The van der Waals surface area contributed by atoms with Gasteiger partial charge in [-0.2, -0.15) is 0 Å². The molecule has 0 aromatic heterocycles. The second-order valence-electron chi connectivity index (χ2n) is 5.69. The maximum atomic E-state index is 12.6. The smallest absolute Gasteiger partial charge is 0.414 e. The zero-order valence-corrected chi connectivity index (χ0v) is 12.9. The van der Waals surface area contributed by atoms with Crippen molar-refractivity contribution in [3.05, 3.63) is 59.7 Å². The van der Waals surface area contributed by atoms with Crippen LogP contribution in [-0.2, 0) is 4.74 Å². The fourth-order valence-corrected chi connectivity index (χ4v) is 2.97. The fraction of sp³-hybridized carbons (Fsp3) is 0.222. The minimum Gasteiger partial charge on any atom is -0.491 e. The lowest BCUT2D eigenvalue weighted by Gasteiger charge is -2.15. The third-order valence-corrected chi connectivity index (χ3v) is 4.19. The van der Waals surface area contributed by atoms with Crippen LogP contribution >= 0.6 is 0 Å². The van der Waals surface area contributed by atoms with Gasteiger partial charge in [0.15, 0.2) is 0 Å². The van der Waals surface area contributed by atoms with Crippen molar-refractivity contribution in [2.45, 2.75) is 6.04 Å². The van der Waals surface area contributed by atoms with E-state index in [2.05, 4.69) is 5.32 Å². The van der Waals surface area contributed by atoms with Gasteiger partial charge < -0.3 is 14.8 Å². The van der Waals surface area contributed by atoms with Crippen molar-refractivity contribution in [2.24, 2.45) is 0 Å². The summed E-state index contributed by atoms with van der Waals surface area (Å²) in [5.41, 5.74) is 2.13. The molecular formula is C18H16N2O4. The Bertz CT molecular complexity index is 805. The molecular weight excluding hydrogens is 308 g/mol. The molecule has 1 N–H and O–H groups in total. The summed E-state index contributed by atoms with van der Waals surface area (Å²) in [6, 6.07) is 14.5. The zero-order valence-electron chi connectivity index (χ0n) is 12.9. The molecule has 6 heteroatoms. The van der Waals surface area contributed by atoms with Gasteiger partial charge in [-0.1, -0.05) is 24.3 Å². The Morgan fingerprint density at radius 3 is 2.83 bits per heavy atom. The summed E-state index contributed by atoms with van der Waals surface area (Å²) in [6.07, 6.45) is -0.384. The van der Waals surface area contributed by atoms with Crippen LogP contribution in [0.2, 0.25) is 0 Å². The Labute approximate surface area is 139 Å². The Kier molecular flexibility index (Phi) is 3.57. The number of nitrogens with one attached hydrogen (secondary N) is 1. The van der Waals surface area contributed by atoms with E-state index in [1.165, 1.54) is 4.90 Å². The second-order valence-corrected chi connectivity index (χ2v) is 5.69. The van der Waals surface area contributed by atoms with Crippen LogP contribution in [-0.4, -0.2) is 31.8 Å². The van der Waals surface area contributed by atoms with E-state index < -0.39 is 0 Å². The summed E-state index contributed by atoms with van der Waals surface area (Å²) in [7, 11) is 0. The molecule has 1 saturated heterocycles. The highest BCUT2D eigenvalue weighted by Crippen LogP contribution is 2.32. The monoisotopic (exact) mass is 324 g/mol. The standard InChI is InChI=1S/C18H16N2O4/c21-17(19-15-11-24-16-7-2-1-6-14(15)16)12-4-3-5-13(10-12)20-8-9-23-18(20)22/h1-7,10,15H,8-9,11H2,(H,19,21)/t15-/m1/s1. The number of para-hydroxylation sites is 1. The maximum Gasteiger partial charge on any atom is 0.414 e. The fourth-order valence-electron chi connectivity index (χ4n) is 2.97. The average molecular weight is 324 g/mol. The summed E-state index contributed by atoms with van der Waals surface area (Å²) < 4.78 is 10.5.